The van der Waals surface area contributed by atoms with E-state index in [0.717, 1.165) is 19.4 Å². The maximum atomic E-state index is 11.5. The first-order chi connectivity index (χ1) is 6.16. The van der Waals surface area contributed by atoms with E-state index in [9.17, 15) is 4.79 Å². The molecular weight excluding hydrogens is 168 g/mol. The van der Waals surface area contributed by atoms with Crippen molar-refractivity contribution in [3.63, 3.8) is 0 Å². The Labute approximate surface area is 79.0 Å². The minimum atomic E-state index is 0.0464. The van der Waals surface area contributed by atoms with Crippen LogP contribution in [-0.2, 0) is 9.53 Å². The van der Waals surface area contributed by atoms with Crippen LogP contribution in [0.25, 0.3) is 0 Å². The van der Waals surface area contributed by atoms with Crippen molar-refractivity contribution in [3.8, 4) is 0 Å². The van der Waals surface area contributed by atoms with Gasteiger partial charge in [-0.2, -0.15) is 0 Å². The number of amides is 1. The molecule has 4 heteroatoms. The molecule has 0 spiro atoms. The number of methoxy groups -OCH3 is 1. The molecule has 2 unspecified atom stereocenters. The SMILES string of the molecule is COCC(=O)N1CCCC(N)C1C. The quantitative estimate of drug-likeness (QED) is 0.659. The Kier molecular flexibility index (Phi) is 3.69. The average Bonchev–Trinajstić information content (AvgIpc) is 2.10. The van der Waals surface area contributed by atoms with Crippen LogP contribution in [0.15, 0.2) is 0 Å². The highest BCUT2D eigenvalue weighted by atomic mass is 16.5. The number of carbonyl (C=O) groups is 1. The Balaban J connectivity index is 2.52. The van der Waals surface area contributed by atoms with E-state index in [1.54, 1.807) is 0 Å². The summed E-state index contributed by atoms with van der Waals surface area (Å²) in [6.07, 6.45) is 2.01. The number of nitrogens with zero attached hydrogens (tertiary/aromatic N) is 1. The monoisotopic (exact) mass is 186 g/mol. The summed E-state index contributed by atoms with van der Waals surface area (Å²) in [5, 5.41) is 0. The Bertz CT molecular complexity index is 184. The van der Waals surface area contributed by atoms with Crippen molar-refractivity contribution >= 4 is 5.91 Å². The summed E-state index contributed by atoms with van der Waals surface area (Å²) >= 11 is 0. The molecule has 0 aliphatic carbocycles. The van der Waals surface area contributed by atoms with Crippen LogP contribution in [0.3, 0.4) is 0 Å². The van der Waals surface area contributed by atoms with Crippen molar-refractivity contribution in [3.05, 3.63) is 0 Å². The second-order valence-corrected chi connectivity index (χ2v) is 3.57. The van der Waals surface area contributed by atoms with Crippen molar-refractivity contribution < 1.29 is 9.53 Å². The number of nitrogens with two attached hydrogens (primary N) is 1. The van der Waals surface area contributed by atoms with Crippen LogP contribution in [0.1, 0.15) is 19.8 Å². The minimum Gasteiger partial charge on any atom is -0.375 e. The van der Waals surface area contributed by atoms with Gasteiger partial charge in [0, 0.05) is 25.7 Å². The van der Waals surface area contributed by atoms with Crippen LogP contribution in [0.4, 0.5) is 0 Å². The van der Waals surface area contributed by atoms with E-state index in [1.165, 1.54) is 7.11 Å². The Morgan fingerprint density at radius 1 is 1.69 bits per heavy atom. The van der Waals surface area contributed by atoms with Gasteiger partial charge < -0.3 is 15.4 Å². The molecule has 0 aromatic heterocycles. The van der Waals surface area contributed by atoms with Crippen LogP contribution >= 0.6 is 0 Å². The topological polar surface area (TPSA) is 55.6 Å². The molecule has 13 heavy (non-hydrogen) atoms. The fourth-order valence-corrected chi connectivity index (χ4v) is 1.73. The van der Waals surface area contributed by atoms with Crippen LogP contribution in [0, 0.1) is 0 Å². The molecule has 0 aromatic carbocycles. The molecule has 2 N–H and O–H groups in total. The van der Waals surface area contributed by atoms with E-state index in [1.807, 2.05) is 11.8 Å². The summed E-state index contributed by atoms with van der Waals surface area (Å²) in [6, 6.07) is 0.269. The molecule has 4 nitrogen and oxygen atoms in total. The molecule has 0 saturated carbocycles. The Hall–Kier alpha value is -0.610. The van der Waals surface area contributed by atoms with E-state index < -0.39 is 0 Å². The summed E-state index contributed by atoms with van der Waals surface area (Å²) in [5.41, 5.74) is 5.87. The van der Waals surface area contributed by atoms with Gasteiger partial charge in [0.2, 0.25) is 5.91 Å². The summed E-state index contributed by atoms with van der Waals surface area (Å²) in [5.74, 6) is 0.0464. The lowest BCUT2D eigenvalue weighted by Gasteiger charge is -2.37. The fraction of sp³-hybridized carbons (Fsp3) is 0.889. The molecule has 0 aromatic rings. The van der Waals surface area contributed by atoms with Gasteiger partial charge in [0.1, 0.15) is 6.61 Å². The second-order valence-electron chi connectivity index (χ2n) is 3.57. The zero-order chi connectivity index (χ0) is 9.84. The summed E-state index contributed by atoms with van der Waals surface area (Å²) in [7, 11) is 1.53. The van der Waals surface area contributed by atoms with Gasteiger partial charge in [-0.25, -0.2) is 0 Å². The number of piperidine rings is 1. The Morgan fingerprint density at radius 2 is 2.38 bits per heavy atom. The van der Waals surface area contributed by atoms with Gasteiger partial charge in [-0.1, -0.05) is 0 Å². The largest absolute Gasteiger partial charge is 0.375 e. The average molecular weight is 186 g/mol. The second kappa shape index (κ2) is 4.58. The first-order valence-corrected chi connectivity index (χ1v) is 4.70. The predicted molar refractivity (Wildman–Crippen MR) is 50.3 cm³/mol. The van der Waals surface area contributed by atoms with E-state index in [0.29, 0.717) is 0 Å². The van der Waals surface area contributed by atoms with Gasteiger partial charge in [-0.05, 0) is 19.8 Å². The zero-order valence-electron chi connectivity index (χ0n) is 8.32. The first-order valence-electron chi connectivity index (χ1n) is 4.70. The minimum absolute atomic E-state index is 0.0464. The number of likely N-dealkylation sites (tertiary alicyclic amines) is 1. The number of carbonyl (C=O) groups excluding carboxylic acids is 1. The van der Waals surface area contributed by atoms with Crippen LogP contribution in [0.2, 0.25) is 0 Å². The summed E-state index contributed by atoms with van der Waals surface area (Å²) in [4.78, 5) is 13.3. The van der Waals surface area contributed by atoms with Crippen molar-refractivity contribution in [1.82, 2.24) is 4.90 Å². The van der Waals surface area contributed by atoms with Crippen molar-refractivity contribution in [2.45, 2.75) is 31.8 Å². The number of hydrogen-bond donors (Lipinski definition) is 1. The third-order valence-corrected chi connectivity index (χ3v) is 2.64. The lowest BCUT2D eigenvalue weighted by atomic mass is 9.98. The van der Waals surface area contributed by atoms with Crippen molar-refractivity contribution in [2.75, 3.05) is 20.3 Å². The third kappa shape index (κ3) is 2.42. The summed E-state index contributed by atoms with van der Waals surface area (Å²) < 4.78 is 4.81. The molecule has 1 aliphatic heterocycles. The standard InChI is InChI=1S/C9H18N2O2/c1-7-8(10)4-3-5-11(7)9(12)6-13-2/h7-8H,3-6,10H2,1-2H3. The molecule has 1 rings (SSSR count). The van der Waals surface area contributed by atoms with Crippen LogP contribution in [-0.4, -0.2) is 43.2 Å². The predicted octanol–water partition coefficient (Wildman–Crippen LogP) is -0.0290. The lowest BCUT2D eigenvalue weighted by Crippen LogP contribution is -2.53. The maximum absolute atomic E-state index is 11.5. The fourth-order valence-electron chi connectivity index (χ4n) is 1.73. The van der Waals surface area contributed by atoms with Crippen LogP contribution in [0.5, 0.6) is 0 Å². The summed E-state index contributed by atoms with van der Waals surface area (Å²) in [6.45, 7) is 2.98. The van der Waals surface area contributed by atoms with Crippen molar-refractivity contribution in [2.24, 2.45) is 5.73 Å². The normalized spacial score (nSPS) is 29.0. The first kappa shape index (κ1) is 10.5. The van der Waals surface area contributed by atoms with Gasteiger partial charge in [0.15, 0.2) is 0 Å². The van der Waals surface area contributed by atoms with E-state index in [4.69, 9.17) is 10.5 Å². The molecule has 1 saturated heterocycles. The van der Waals surface area contributed by atoms with E-state index in [-0.39, 0.29) is 24.6 Å². The van der Waals surface area contributed by atoms with Gasteiger partial charge >= 0.3 is 0 Å². The van der Waals surface area contributed by atoms with E-state index >= 15 is 0 Å². The van der Waals surface area contributed by atoms with Crippen molar-refractivity contribution in [1.29, 1.82) is 0 Å². The number of rotatable bonds is 2. The Morgan fingerprint density at radius 3 is 3.00 bits per heavy atom. The van der Waals surface area contributed by atoms with Crippen LogP contribution < -0.4 is 5.73 Å². The maximum Gasteiger partial charge on any atom is 0.248 e. The third-order valence-electron chi connectivity index (χ3n) is 2.64. The number of hydrogen-bond acceptors (Lipinski definition) is 3. The molecule has 2 atom stereocenters. The molecule has 1 fully saturated rings. The lowest BCUT2D eigenvalue weighted by molar-refractivity contribution is -0.138. The van der Waals surface area contributed by atoms with Gasteiger partial charge in [0.05, 0.1) is 0 Å². The zero-order valence-corrected chi connectivity index (χ0v) is 8.32. The van der Waals surface area contributed by atoms with Gasteiger partial charge in [-0.15, -0.1) is 0 Å². The highest BCUT2D eigenvalue weighted by molar-refractivity contribution is 5.77. The molecule has 1 heterocycles. The molecule has 0 radical (unpaired) electrons. The van der Waals surface area contributed by atoms with Gasteiger partial charge in [0.25, 0.3) is 0 Å². The molecule has 0 bridgehead atoms. The van der Waals surface area contributed by atoms with E-state index in [2.05, 4.69) is 0 Å². The smallest absolute Gasteiger partial charge is 0.248 e. The number of ether oxygens (including phenoxy) is 1. The highest BCUT2D eigenvalue weighted by Crippen LogP contribution is 2.15. The van der Waals surface area contributed by atoms with Gasteiger partial charge in [-0.3, -0.25) is 4.79 Å². The molecule has 1 amide bonds. The highest BCUT2D eigenvalue weighted by Gasteiger charge is 2.28. The molecule has 76 valence electrons. The molecular formula is C9H18N2O2. The molecule has 1 aliphatic rings.